The number of hydrogen-bond donors (Lipinski definition) is 1. The molecule has 3 rings (SSSR count). The van der Waals surface area contributed by atoms with Crippen molar-refractivity contribution in [2.24, 2.45) is 0 Å². The smallest absolute Gasteiger partial charge is 0.245 e. The average molecular weight is 390 g/mol. The summed E-state index contributed by atoms with van der Waals surface area (Å²) in [5.74, 6) is 0.718. The zero-order chi connectivity index (χ0) is 19.6. The van der Waals surface area contributed by atoms with Gasteiger partial charge in [-0.2, -0.15) is 0 Å². The first-order valence-electron chi connectivity index (χ1n) is 8.48. The van der Waals surface area contributed by atoms with Gasteiger partial charge in [-0.3, -0.25) is 9.10 Å². The van der Waals surface area contributed by atoms with Gasteiger partial charge in [0.2, 0.25) is 15.9 Å². The van der Waals surface area contributed by atoms with Crippen molar-refractivity contribution in [2.45, 2.75) is 13.8 Å². The molecule has 0 unspecified atom stereocenters. The fourth-order valence-corrected chi connectivity index (χ4v) is 3.58. The molecule has 27 heavy (non-hydrogen) atoms. The molecule has 1 N–H and O–H groups in total. The zero-order valence-electron chi connectivity index (χ0n) is 15.5. The van der Waals surface area contributed by atoms with E-state index in [0.717, 1.165) is 21.7 Å². The summed E-state index contributed by atoms with van der Waals surface area (Å²) in [6.07, 6.45) is 1.08. The average Bonchev–Trinajstić information content (AvgIpc) is 2.61. The third-order valence-corrected chi connectivity index (χ3v) is 5.43. The van der Waals surface area contributed by atoms with Crippen LogP contribution >= 0.6 is 0 Å². The van der Waals surface area contributed by atoms with E-state index in [9.17, 15) is 13.2 Å². The summed E-state index contributed by atoms with van der Waals surface area (Å²) in [4.78, 5) is 12.5. The third kappa shape index (κ3) is 4.51. The normalized spacial score (nSPS) is 13.1. The topological polar surface area (TPSA) is 84.9 Å². The van der Waals surface area contributed by atoms with Crippen LogP contribution in [0.5, 0.6) is 11.5 Å². The maximum absolute atomic E-state index is 12.5. The quantitative estimate of drug-likeness (QED) is 0.848. The Bertz CT molecular complexity index is 972. The molecular formula is C19H22N2O5S. The van der Waals surface area contributed by atoms with Crippen LogP contribution in [0.3, 0.4) is 0 Å². The highest BCUT2D eigenvalue weighted by Crippen LogP contribution is 2.32. The molecule has 0 saturated heterocycles. The number of fused-ring (bicyclic) bond motifs is 1. The number of nitrogens with one attached hydrogen (secondary N) is 1. The molecule has 0 aromatic heterocycles. The van der Waals surface area contributed by atoms with Gasteiger partial charge in [0.1, 0.15) is 19.8 Å². The van der Waals surface area contributed by atoms with E-state index in [1.807, 2.05) is 19.9 Å². The van der Waals surface area contributed by atoms with E-state index in [-0.39, 0.29) is 6.54 Å². The summed E-state index contributed by atoms with van der Waals surface area (Å²) < 4.78 is 36.5. The van der Waals surface area contributed by atoms with Gasteiger partial charge in [-0.1, -0.05) is 6.07 Å². The minimum atomic E-state index is -3.62. The van der Waals surface area contributed by atoms with Crippen molar-refractivity contribution in [1.29, 1.82) is 0 Å². The van der Waals surface area contributed by atoms with E-state index >= 15 is 0 Å². The first kappa shape index (κ1) is 19.0. The van der Waals surface area contributed by atoms with Gasteiger partial charge < -0.3 is 14.8 Å². The zero-order valence-corrected chi connectivity index (χ0v) is 16.3. The van der Waals surface area contributed by atoms with Crippen LogP contribution < -0.4 is 19.1 Å². The fraction of sp³-hybridized carbons (Fsp3) is 0.316. The van der Waals surface area contributed by atoms with E-state index in [2.05, 4.69) is 5.32 Å². The lowest BCUT2D eigenvalue weighted by atomic mass is 10.1. The maximum atomic E-state index is 12.5. The summed E-state index contributed by atoms with van der Waals surface area (Å²) in [7, 11) is -3.62. The number of amides is 1. The molecule has 0 aliphatic carbocycles. The number of carbonyl (C=O) groups is 1. The minimum absolute atomic E-state index is 0.324. The van der Waals surface area contributed by atoms with Crippen molar-refractivity contribution in [1.82, 2.24) is 0 Å². The Hall–Kier alpha value is -2.74. The maximum Gasteiger partial charge on any atom is 0.245 e. The Kier molecular flexibility index (Phi) is 5.27. The monoisotopic (exact) mass is 390 g/mol. The minimum Gasteiger partial charge on any atom is -0.486 e. The van der Waals surface area contributed by atoms with Gasteiger partial charge in [-0.15, -0.1) is 0 Å². The summed E-state index contributed by atoms with van der Waals surface area (Å²) in [6.45, 7) is 4.44. The molecule has 8 heteroatoms. The van der Waals surface area contributed by atoms with Crippen molar-refractivity contribution >= 4 is 27.3 Å². The first-order valence-corrected chi connectivity index (χ1v) is 10.3. The number of sulfonamides is 1. The Morgan fingerprint density at radius 3 is 2.41 bits per heavy atom. The van der Waals surface area contributed by atoms with Gasteiger partial charge in [0, 0.05) is 11.8 Å². The Labute approximate surface area is 158 Å². The highest BCUT2D eigenvalue weighted by molar-refractivity contribution is 7.92. The van der Waals surface area contributed by atoms with Crippen molar-refractivity contribution in [3.05, 3.63) is 47.5 Å². The lowest BCUT2D eigenvalue weighted by Gasteiger charge is -2.23. The number of ether oxygens (including phenoxy) is 2. The molecule has 144 valence electrons. The molecule has 2 aromatic rings. The van der Waals surface area contributed by atoms with Crippen molar-refractivity contribution in [2.75, 3.05) is 35.6 Å². The summed E-state index contributed by atoms with van der Waals surface area (Å²) in [5, 5.41) is 2.71. The number of nitrogens with zero attached hydrogens (tertiary/aromatic N) is 1. The predicted octanol–water partition coefficient (Wildman–Crippen LogP) is 2.48. The molecule has 1 amide bonds. The molecule has 0 saturated carbocycles. The lowest BCUT2D eigenvalue weighted by molar-refractivity contribution is -0.114. The highest BCUT2D eigenvalue weighted by Gasteiger charge is 2.22. The number of anilines is 2. The second-order valence-electron chi connectivity index (χ2n) is 6.44. The second-order valence-corrected chi connectivity index (χ2v) is 8.35. The van der Waals surface area contributed by atoms with Gasteiger partial charge in [-0.25, -0.2) is 8.42 Å². The van der Waals surface area contributed by atoms with Gasteiger partial charge in [0.25, 0.3) is 0 Å². The second kappa shape index (κ2) is 7.48. The first-order chi connectivity index (χ1) is 12.7. The van der Waals surface area contributed by atoms with Gasteiger partial charge in [-0.05, 0) is 49.2 Å². The molecule has 0 atom stereocenters. The number of aryl methyl sites for hydroxylation is 2. The standard InChI is InChI=1S/C19H22N2O5S/c1-13-4-6-16(10-14(13)2)21(27(3,23)24)12-19(22)20-15-5-7-17-18(11-15)26-9-8-25-17/h4-7,10-11H,8-9,12H2,1-3H3,(H,20,22). The van der Waals surface area contributed by atoms with Gasteiger partial charge in [0.15, 0.2) is 11.5 Å². The number of benzene rings is 2. The molecule has 0 radical (unpaired) electrons. The van der Waals surface area contributed by atoms with Gasteiger partial charge >= 0.3 is 0 Å². The molecule has 1 aliphatic heterocycles. The number of hydrogen-bond acceptors (Lipinski definition) is 5. The van der Waals surface area contributed by atoms with E-state index < -0.39 is 15.9 Å². The molecular weight excluding hydrogens is 368 g/mol. The molecule has 0 spiro atoms. The van der Waals surface area contributed by atoms with Crippen LogP contribution in [0.2, 0.25) is 0 Å². The van der Waals surface area contributed by atoms with Crippen molar-refractivity contribution in [3.8, 4) is 11.5 Å². The molecule has 2 aromatic carbocycles. The Balaban J connectivity index is 1.78. The third-order valence-electron chi connectivity index (χ3n) is 4.29. The van der Waals surface area contributed by atoms with Crippen LogP contribution in [0.25, 0.3) is 0 Å². The van der Waals surface area contributed by atoms with Gasteiger partial charge in [0.05, 0.1) is 11.9 Å². The van der Waals surface area contributed by atoms with Crippen molar-refractivity contribution < 1.29 is 22.7 Å². The Morgan fingerprint density at radius 2 is 1.74 bits per heavy atom. The SMILES string of the molecule is Cc1ccc(N(CC(=O)Nc2ccc3c(c2)OCCO3)S(C)(=O)=O)cc1C. The van der Waals surface area contributed by atoms with Crippen LogP contribution in [0.1, 0.15) is 11.1 Å². The van der Waals surface area contributed by atoms with E-state index in [1.54, 1.807) is 30.3 Å². The van der Waals surface area contributed by atoms with Crippen LogP contribution in [-0.4, -0.2) is 40.3 Å². The fourth-order valence-electron chi connectivity index (χ4n) is 2.73. The number of carbonyl (C=O) groups excluding carboxylic acids is 1. The van der Waals surface area contributed by atoms with E-state index in [4.69, 9.17) is 9.47 Å². The van der Waals surface area contributed by atoms with Crippen LogP contribution in [0.4, 0.5) is 11.4 Å². The summed E-state index contributed by atoms with van der Waals surface area (Å²) in [5.41, 5.74) is 2.97. The molecule has 7 nitrogen and oxygen atoms in total. The molecule has 0 bridgehead atoms. The summed E-state index contributed by atoms with van der Waals surface area (Å²) >= 11 is 0. The largest absolute Gasteiger partial charge is 0.486 e. The van der Waals surface area contributed by atoms with Crippen LogP contribution in [-0.2, 0) is 14.8 Å². The van der Waals surface area contributed by atoms with Crippen molar-refractivity contribution in [3.63, 3.8) is 0 Å². The van der Waals surface area contributed by atoms with E-state index in [1.165, 1.54) is 0 Å². The highest BCUT2D eigenvalue weighted by atomic mass is 32.2. The predicted molar refractivity (Wildman–Crippen MR) is 104 cm³/mol. The molecule has 1 aliphatic rings. The molecule has 0 fully saturated rings. The van der Waals surface area contributed by atoms with Crippen LogP contribution in [0.15, 0.2) is 36.4 Å². The summed E-state index contributed by atoms with van der Waals surface area (Å²) in [6, 6.07) is 10.3. The van der Waals surface area contributed by atoms with Crippen LogP contribution in [0, 0.1) is 13.8 Å². The molecule has 1 heterocycles. The van der Waals surface area contributed by atoms with E-state index in [0.29, 0.717) is 36.1 Å². The Morgan fingerprint density at radius 1 is 1.04 bits per heavy atom. The lowest BCUT2D eigenvalue weighted by Crippen LogP contribution is -2.37. The number of rotatable bonds is 5.